The first-order chi connectivity index (χ1) is 12.3. The predicted molar refractivity (Wildman–Crippen MR) is 102 cm³/mol. The average Bonchev–Trinajstić information content (AvgIpc) is 3.29. The molecule has 0 bridgehead atoms. The van der Waals surface area contributed by atoms with Gasteiger partial charge in [0.25, 0.3) is 5.91 Å². The number of carbonyl (C=O) groups is 1. The van der Waals surface area contributed by atoms with Gasteiger partial charge in [0, 0.05) is 17.5 Å². The summed E-state index contributed by atoms with van der Waals surface area (Å²) in [7, 11) is 0. The number of aromatic amines is 1. The van der Waals surface area contributed by atoms with Gasteiger partial charge in [-0.25, -0.2) is 4.98 Å². The number of carbonyl (C=O) groups excluding carboxylic acids is 1. The van der Waals surface area contributed by atoms with E-state index in [9.17, 15) is 4.79 Å². The van der Waals surface area contributed by atoms with Crippen molar-refractivity contribution in [1.82, 2.24) is 15.2 Å². The van der Waals surface area contributed by atoms with Crippen molar-refractivity contribution in [3.8, 4) is 0 Å². The van der Waals surface area contributed by atoms with Gasteiger partial charge in [-0.15, -0.1) is 11.3 Å². The molecule has 2 aromatic carbocycles. The molecule has 0 saturated carbocycles. The first-order valence-electron chi connectivity index (χ1n) is 7.65. The summed E-state index contributed by atoms with van der Waals surface area (Å²) in [6.45, 7) is 0. The number of H-pyrrole nitrogens is 1. The van der Waals surface area contributed by atoms with E-state index in [1.165, 1.54) is 4.70 Å². The summed E-state index contributed by atoms with van der Waals surface area (Å²) in [5, 5.41) is 9.25. The Morgan fingerprint density at radius 2 is 2.00 bits per heavy atom. The molecular weight excluding hydrogens is 352 g/mol. The maximum Gasteiger partial charge on any atom is 0.255 e. The minimum atomic E-state index is -0.147. The van der Waals surface area contributed by atoms with Gasteiger partial charge in [-0.3, -0.25) is 9.89 Å². The van der Waals surface area contributed by atoms with Crippen LogP contribution >= 0.6 is 23.1 Å². The van der Waals surface area contributed by atoms with Crippen molar-refractivity contribution in [2.45, 2.75) is 10.1 Å². The van der Waals surface area contributed by atoms with E-state index in [0.29, 0.717) is 11.3 Å². The Kier molecular flexibility index (Phi) is 4.49. The zero-order valence-electron chi connectivity index (χ0n) is 13.1. The van der Waals surface area contributed by atoms with Crippen molar-refractivity contribution in [2.24, 2.45) is 0 Å². The number of thioether (sulfide) groups is 1. The van der Waals surface area contributed by atoms with Crippen molar-refractivity contribution in [3.63, 3.8) is 0 Å². The largest absolute Gasteiger partial charge is 0.319 e. The molecular formula is C18H14N4OS2. The maximum atomic E-state index is 12.1. The second kappa shape index (κ2) is 7.08. The van der Waals surface area contributed by atoms with Crippen molar-refractivity contribution in [1.29, 1.82) is 0 Å². The number of para-hydroxylation sites is 1. The predicted octanol–water partition coefficient (Wildman–Crippen LogP) is 4.56. The molecule has 0 aliphatic carbocycles. The number of benzene rings is 2. The van der Waals surface area contributed by atoms with E-state index in [2.05, 4.69) is 26.6 Å². The van der Waals surface area contributed by atoms with E-state index in [-0.39, 0.29) is 5.91 Å². The number of hydrogen-bond donors (Lipinski definition) is 2. The first kappa shape index (κ1) is 15.9. The molecule has 1 amide bonds. The highest BCUT2D eigenvalue weighted by molar-refractivity contribution is 8.00. The Bertz CT molecular complexity index is 961. The molecule has 0 unspecified atom stereocenters. The summed E-state index contributed by atoms with van der Waals surface area (Å²) in [4.78, 5) is 16.8. The molecule has 0 atom stereocenters. The van der Waals surface area contributed by atoms with Crippen molar-refractivity contribution < 1.29 is 4.79 Å². The third-order valence-corrected chi connectivity index (χ3v) is 5.86. The molecule has 124 valence electrons. The van der Waals surface area contributed by atoms with E-state index in [4.69, 9.17) is 0 Å². The number of fused-ring (bicyclic) bond motifs is 1. The summed E-state index contributed by atoms with van der Waals surface area (Å²) in [5.41, 5.74) is 3.47. The summed E-state index contributed by atoms with van der Waals surface area (Å²) in [6, 6.07) is 15.8. The summed E-state index contributed by atoms with van der Waals surface area (Å²) < 4.78 is 2.26. The lowest BCUT2D eigenvalue weighted by atomic mass is 10.1. The summed E-state index contributed by atoms with van der Waals surface area (Å²) in [6.07, 6.45) is 3.21. The molecule has 2 aromatic heterocycles. The van der Waals surface area contributed by atoms with Gasteiger partial charge in [0.05, 0.1) is 22.1 Å². The molecule has 0 fully saturated rings. The third-order valence-electron chi connectivity index (χ3n) is 3.61. The standard InChI is InChI=1S/C18H14N4OS2/c23-17(21-14-9-19-20-10-14)13-7-5-12(6-8-13)11-24-18-22-15-3-1-2-4-16(15)25-18/h1-10H,11H2,(H,19,20)(H,21,23). The van der Waals surface area contributed by atoms with Gasteiger partial charge >= 0.3 is 0 Å². The number of hydrogen-bond acceptors (Lipinski definition) is 5. The fraction of sp³-hybridized carbons (Fsp3) is 0.0556. The minimum Gasteiger partial charge on any atom is -0.319 e. The van der Waals surface area contributed by atoms with E-state index >= 15 is 0 Å². The number of nitrogens with zero attached hydrogens (tertiary/aromatic N) is 2. The van der Waals surface area contributed by atoms with Crippen LogP contribution in [0.25, 0.3) is 10.2 Å². The van der Waals surface area contributed by atoms with Crippen LogP contribution in [0.15, 0.2) is 65.3 Å². The fourth-order valence-electron chi connectivity index (χ4n) is 2.33. The molecule has 4 rings (SSSR count). The fourth-order valence-corrected chi connectivity index (χ4v) is 4.36. The van der Waals surface area contributed by atoms with Crippen molar-refractivity contribution in [3.05, 3.63) is 72.1 Å². The Labute approximate surface area is 152 Å². The molecule has 25 heavy (non-hydrogen) atoms. The lowest BCUT2D eigenvalue weighted by molar-refractivity contribution is 0.102. The summed E-state index contributed by atoms with van der Waals surface area (Å²) in [5.74, 6) is 0.676. The zero-order valence-corrected chi connectivity index (χ0v) is 14.7. The first-order valence-corrected chi connectivity index (χ1v) is 9.45. The lowest BCUT2D eigenvalue weighted by Gasteiger charge is -2.04. The molecule has 5 nitrogen and oxygen atoms in total. The summed E-state index contributed by atoms with van der Waals surface area (Å²) >= 11 is 3.42. The molecule has 0 saturated heterocycles. The van der Waals surface area contributed by atoms with Gasteiger partial charge in [0.1, 0.15) is 0 Å². The monoisotopic (exact) mass is 366 g/mol. The quantitative estimate of drug-likeness (QED) is 0.508. The highest BCUT2D eigenvalue weighted by Gasteiger charge is 2.08. The van der Waals surface area contributed by atoms with Gasteiger partial charge in [0.2, 0.25) is 0 Å². The number of thiazole rings is 1. The van der Waals surface area contributed by atoms with E-state index in [1.54, 1.807) is 35.5 Å². The topological polar surface area (TPSA) is 70.7 Å². The molecule has 4 aromatic rings. The Hall–Kier alpha value is -2.64. The number of nitrogens with one attached hydrogen (secondary N) is 2. The van der Waals surface area contributed by atoms with Crippen LogP contribution in [0, 0.1) is 0 Å². The number of anilines is 1. The molecule has 2 N–H and O–H groups in total. The van der Waals surface area contributed by atoms with Gasteiger partial charge in [-0.1, -0.05) is 36.0 Å². The molecule has 0 spiro atoms. The van der Waals surface area contributed by atoms with Crippen LogP contribution < -0.4 is 5.32 Å². The number of rotatable bonds is 5. The van der Waals surface area contributed by atoms with Crippen molar-refractivity contribution in [2.75, 3.05) is 5.32 Å². The van der Waals surface area contributed by atoms with E-state index in [1.807, 2.05) is 42.5 Å². The smallest absolute Gasteiger partial charge is 0.255 e. The Balaban J connectivity index is 1.39. The van der Waals surface area contributed by atoms with Gasteiger partial charge in [-0.2, -0.15) is 5.10 Å². The van der Waals surface area contributed by atoms with E-state index < -0.39 is 0 Å². The highest BCUT2D eigenvalue weighted by Crippen LogP contribution is 2.31. The lowest BCUT2D eigenvalue weighted by Crippen LogP contribution is -2.11. The van der Waals surface area contributed by atoms with Crippen LogP contribution in [0.2, 0.25) is 0 Å². The van der Waals surface area contributed by atoms with Crippen LogP contribution in [-0.2, 0) is 5.75 Å². The van der Waals surface area contributed by atoms with Gasteiger partial charge < -0.3 is 5.32 Å². The molecule has 2 heterocycles. The van der Waals surface area contributed by atoms with Gasteiger partial charge in [0.15, 0.2) is 4.34 Å². The molecule has 0 aliphatic heterocycles. The SMILES string of the molecule is O=C(Nc1cn[nH]c1)c1ccc(CSc2nc3ccccc3s2)cc1. The van der Waals surface area contributed by atoms with Crippen LogP contribution in [0.3, 0.4) is 0 Å². The van der Waals surface area contributed by atoms with Crippen LogP contribution in [0.4, 0.5) is 5.69 Å². The molecule has 0 aliphatic rings. The number of amides is 1. The highest BCUT2D eigenvalue weighted by atomic mass is 32.2. The normalized spacial score (nSPS) is 10.9. The number of aromatic nitrogens is 3. The molecule has 7 heteroatoms. The Morgan fingerprint density at radius 3 is 2.76 bits per heavy atom. The van der Waals surface area contributed by atoms with Crippen LogP contribution in [-0.4, -0.2) is 21.1 Å². The van der Waals surface area contributed by atoms with Crippen molar-refractivity contribution >= 4 is 44.9 Å². The third kappa shape index (κ3) is 3.72. The second-order valence-corrected chi connectivity index (χ2v) is 7.63. The van der Waals surface area contributed by atoms with Crippen LogP contribution in [0.5, 0.6) is 0 Å². The minimum absolute atomic E-state index is 0.147. The Morgan fingerprint density at radius 1 is 1.16 bits per heavy atom. The van der Waals surface area contributed by atoms with E-state index in [0.717, 1.165) is 21.2 Å². The maximum absolute atomic E-state index is 12.1. The van der Waals surface area contributed by atoms with Crippen LogP contribution in [0.1, 0.15) is 15.9 Å². The zero-order chi connectivity index (χ0) is 17.1. The second-order valence-electron chi connectivity index (χ2n) is 5.37. The average molecular weight is 366 g/mol. The molecule has 0 radical (unpaired) electrons. The van der Waals surface area contributed by atoms with Gasteiger partial charge in [-0.05, 0) is 29.8 Å².